The Labute approximate surface area is 231 Å². The number of carbonyl (C=O) groups is 3. The van der Waals surface area contributed by atoms with E-state index in [2.05, 4.69) is 5.32 Å². The SMILES string of the molecule is CCOc1cc(/C=C2\SC(=O)N(CCOc3ccc(C)cc3)C2=O)ccc1OCC(=O)Nc1ccc(C)cc1. The average Bonchev–Trinajstić information content (AvgIpc) is 3.18. The van der Waals surface area contributed by atoms with Crippen LogP contribution in [0.5, 0.6) is 17.2 Å². The summed E-state index contributed by atoms with van der Waals surface area (Å²) in [5, 5.41) is 2.45. The van der Waals surface area contributed by atoms with Gasteiger partial charge < -0.3 is 19.5 Å². The number of anilines is 1. The van der Waals surface area contributed by atoms with E-state index in [1.54, 1.807) is 24.3 Å². The number of ether oxygens (including phenoxy) is 3. The minimum Gasteiger partial charge on any atom is -0.492 e. The van der Waals surface area contributed by atoms with Crippen LogP contribution in [0.1, 0.15) is 23.6 Å². The number of nitrogens with one attached hydrogen (secondary N) is 1. The minimum absolute atomic E-state index is 0.150. The maximum absolute atomic E-state index is 12.9. The van der Waals surface area contributed by atoms with E-state index in [1.165, 1.54) is 4.90 Å². The van der Waals surface area contributed by atoms with E-state index in [0.29, 0.717) is 40.0 Å². The summed E-state index contributed by atoms with van der Waals surface area (Å²) in [6, 6.07) is 20.2. The number of rotatable bonds is 11. The Kier molecular flexibility index (Phi) is 9.27. The molecule has 1 saturated heterocycles. The predicted octanol–water partition coefficient (Wildman–Crippen LogP) is 5.83. The third-order valence-corrected chi connectivity index (χ3v) is 6.65. The van der Waals surface area contributed by atoms with Crippen LogP contribution in [0, 0.1) is 13.8 Å². The Morgan fingerprint density at radius 2 is 1.59 bits per heavy atom. The van der Waals surface area contributed by atoms with Gasteiger partial charge in [-0.1, -0.05) is 41.5 Å². The van der Waals surface area contributed by atoms with Crippen LogP contribution < -0.4 is 19.5 Å². The fourth-order valence-corrected chi connectivity index (χ4v) is 4.58. The van der Waals surface area contributed by atoms with Crippen molar-refractivity contribution < 1.29 is 28.6 Å². The zero-order valence-electron chi connectivity index (χ0n) is 22.1. The molecule has 0 aliphatic carbocycles. The standard InChI is InChI=1S/C30H30N2O6S/c1-4-36-26-17-22(9-14-25(26)38-19-28(33)31-23-10-5-20(2)6-11-23)18-27-29(34)32(30(35)39-27)15-16-37-24-12-7-21(3)8-13-24/h5-14,17-18H,4,15-16,19H2,1-3H3,(H,31,33)/b27-18-. The molecule has 0 saturated carbocycles. The fourth-order valence-electron chi connectivity index (χ4n) is 3.71. The lowest BCUT2D eigenvalue weighted by atomic mass is 10.2. The lowest BCUT2D eigenvalue weighted by Crippen LogP contribution is -2.32. The van der Waals surface area contributed by atoms with Crippen molar-refractivity contribution in [2.45, 2.75) is 20.8 Å². The first kappa shape index (κ1) is 27.8. The first-order chi connectivity index (χ1) is 18.8. The highest BCUT2D eigenvalue weighted by Gasteiger charge is 2.34. The number of benzene rings is 3. The lowest BCUT2D eigenvalue weighted by molar-refractivity contribution is -0.123. The molecule has 9 heteroatoms. The number of hydrogen-bond acceptors (Lipinski definition) is 7. The molecular weight excluding hydrogens is 516 g/mol. The number of thioether (sulfide) groups is 1. The van der Waals surface area contributed by atoms with Gasteiger partial charge in [0.25, 0.3) is 17.1 Å². The molecule has 0 radical (unpaired) electrons. The van der Waals surface area contributed by atoms with Crippen molar-refractivity contribution in [2.75, 3.05) is 31.7 Å². The van der Waals surface area contributed by atoms with Crippen LogP contribution in [0.15, 0.2) is 71.6 Å². The number of nitrogens with zero attached hydrogens (tertiary/aromatic N) is 1. The van der Waals surface area contributed by atoms with Gasteiger partial charge in [0.15, 0.2) is 18.1 Å². The van der Waals surface area contributed by atoms with E-state index in [-0.39, 0.29) is 36.8 Å². The molecule has 1 fully saturated rings. The van der Waals surface area contributed by atoms with Gasteiger partial charge in [0.05, 0.1) is 18.1 Å². The second-order valence-electron chi connectivity index (χ2n) is 8.84. The number of carbonyl (C=O) groups excluding carboxylic acids is 3. The third kappa shape index (κ3) is 7.64. The maximum atomic E-state index is 12.9. The molecule has 0 bridgehead atoms. The van der Waals surface area contributed by atoms with Crippen LogP contribution in [-0.2, 0) is 9.59 Å². The first-order valence-electron chi connectivity index (χ1n) is 12.5. The van der Waals surface area contributed by atoms with Gasteiger partial charge in [-0.3, -0.25) is 19.3 Å². The summed E-state index contributed by atoms with van der Waals surface area (Å²) < 4.78 is 17.1. The van der Waals surface area contributed by atoms with Gasteiger partial charge in [-0.25, -0.2) is 0 Å². The molecule has 0 aromatic heterocycles. The molecule has 39 heavy (non-hydrogen) atoms. The molecule has 8 nitrogen and oxygen atoms in total. The number of aryl methyl sites for hydroxylation is 2. The molecular formula is C30H30N2O6S. The van der Waals surface area contributed by atoms with Crippen molar-refractivity contribution in [3.05, 3.63) is 88.3 Å². The molecule has 0 spiro atoms. The summed E-state index contributed by atoms with van der Waals surface area (Å²) in [5.41, 5.74) is 3.57. The molecule has 0 unspecified atom stereocenters. The van der Waals surface area contributed by atoms with Crippen LogP contribution >= 0.6 is 11.8 Å². The predicted molar refractivity (Wildman–Crippen MR) is 152 cm³/mol. The Balaban J connectivity index is 1.37. The molecule has 202 valence electrons. The second kappa shape index (κ2) is 13.0. The van der Waals surface area contributed by atoms with Gasteiger partial charge >= 0.3 is 0 Å². The van der Waals surface area contributed by atoms with E-state index in [1.807, 2.05) is 69.3 Å². The average molecular weight is 547 g/mol. The Hall–Kier alpha value is -4.24. The molecule has 0 atom stereocenters. The van der Waals surface area contributed by atoms with Crippen LogP contribution in [0.3, 0.4) is 0 Å². The van der Waals surface area contributed by atoms with Crippen molar-refractivity contribution in [1.29, 1.82) is 0 Å². The van der Waals surface area contributed by atoms with E-state index in [0.717, 1.165) is 22.9 Å². The molecule has 3 aromatic rings. The number of amides is 3. The molecule has 1 aliphatic heterocycles. The van der Waals surface area contributed by atoms with Crippen molar-refractivity contribution in [1.82, 2.24) is 4.90 Å². The number of hydrogen-bond donors (Lipinski definition) is 1. The van der Waals surface area contributed by atoms with Gasteiger partial charge in [-0.2, -0.15) is 0 Å². The molecule has 1 heterocycles. The van der Waals surface area contributed by atoms with E-state index >= 15 is 0 Å². The second-order valence-corrected chi connectivity index (χ2v) is 9.83. The van der Waals surface area contributed by atoms with Gasteiger partial charge in [0.2, 0.25) is 0 Å². The van der Waals surface area contributed by atoms with Crippen molar-refractivity contribution in [3.8, 4) is 17.2 Å². The summed E-state index contributed by atoms with van der Waals surface area (Å²) in [6.07, 6.45) is 1.64. The summed E-state index contributed by atoms with van der Waals surface area (Å²) in [5.74, 6) is 0.838. The van der Waals surface area contributed by atoms with Gasteiger partial charge in [-0.15, -0.1) is 0 Å². The monoisotopic (exact) mass is 546 g/mol. The quantitative estimate of drug-likeness (QED) is 0.302. The van der Waals surface area contributed by atoms with Crippen molar-refractivity contribution in [2.24, 2.45) is 0 Å². The van der Waals surface area contributed by atoms with Crippen LogP contribution in [-0.4, -0.2) is 48.3 Å². The summed E-state index contributed by atoms with van der Waals surface area (Å²) >= 11 is 0.882. The van der Waals surface area contributed by atoms with Gasteiger partial charge in [0, 0.05) is 5.69 Å². The highest BCUT2D eigenvalue weighted by molar-refractivity contribution is 8.18. The topological polar surface area (TPSA) is 94.2 Å². The normalized spacial score (nSPS) is 14.0. The van der Waals surface area contributed by atoms with Gasteiger partial charge in [0.1, 0.15) is 12.4 Å². The largest absolute Gasteiger partial charge is 0.492 e. The third-order valence-electron chi connectivity index (χ3n) is 5.74. The smallest absolute Gasteiger partial charge is 0.293 e. The van der Waals surface area contributed by atoms with E-state index in [9.17, 15) is 14.4 Å². The first-order valence-corrected chi connectivity index (χ1v) is 13.3. The summed E-state index contributed by atoms with van der Waals surface area (Å²) in [4.78, 5) is 39.2. The Morgan fingerprint density at radius 3 is 2.28 bits per heavy atom. The summed E-state index contributed by atoms with van der Waals surface area (Å²) in [6.45, 7) is 6.33. The van der Waals surface area contributed by atoms with Crippen LogP contribution in [0.2, 0.25) is 0 Å². The molecule has 1 N–H and O–H groups in total. The van der Waals surface area contributed by atoms with E-state index in [4.69, 9.17) is 14.2 Å². The van der Waals surface area contributed by atoms with Crippen LogP contribution in [0.4, 0.5) is 10.5 Å². The summed E-state index contributed by atoms with van der Waals surface area (Å²) in [7, 11) is 0. The van der Waals surface area contributed by atoms with E-state index < -0.39 is 0 Å². The Bertz CT molecular complexity index is 1370. The van der Waals surface area contributed by atoms with Gasteiger partial charge in [-0.05, 0) is 80.6 Å². The zero-order valence-corrected chi connectivity index (χ0v) is 22.9. The van der Waals surface area contributed by atoms with Crippen molar-refractivity contribution in [3.63, 3.8) is 0 Å². The van der Waals surface area contributed by atoms with Crippen LogP contribution in [0.25, 0.3) is 6.08 Å². The minimum atomic E-state index is -0.372. The maximum Gasteiger partial charge on any atom is 0.293 e. The molecule has 3 aromatic carbocycles. The zero-order chi connectivity index (χ0) is 27.8. The fraction of sp³-hybridized carbons (Fsp3) is 0.233. The Morgan fingerprint density at radius 1 is 0.897 bits per heavy atom. The molecule has 4 rings (SSSR count). The number of imide groups is 1. The highest BCUT2D eigenvalue weighted by atomic mass is 32.2. The highest BCUT2D eigenvalue weighted by Crippen LogP contribution is 2.34. The van der Waals surface area contributed by atoms with Crippen molar-refractivity contribution >= 4 is 40.6 Å². The molecule has 3 amide bonds. The molecule has 1 aliphatic rings. The lowest BCUT2D eigenvalue weighted by Gasteiger charge is -2.13.